The van der Waals surface area contributed by atoms with Gasteiger partial charge in [0.15, 0.2) is 0 Å². The van der Waals surface area contributed by atoms with Crippen LogP contribution in [0.25, 0.3) is 0 Å². The van der Waals surface area contributed by atoms with Crippen molar-refractivity contribution < 1.29 is 9.90 Å². The van der Waals surface area contributed by atoms with Crippen LogP contribution < -0.4 is 0 Å². The summed E-state index contributed by atoms with van der Waals surface area (Å²) in [5, 5.41) is 12.7. The lowest BCUT2D eigenvalue weighted by Crippen LogP contribution is -2.55. The third kappa shape index (κ3) is 3.63. The summed E-state index contributed by atoms with van der Waals surface area (Å²) >= 11 is 3.44. The number of thioether (sulfide) groups is 1. The number of hydrogen-bond donors (Lipinski definition) is 1. The normalized spacial score (nSPS) is 29.2. The van der Waals surface area contributed by atoms with E-state index in [0.29, 0.717) is 11.7 Å². The van der Waals surface area contributed by atoms with Crippen LogP contribution in [0.4, 0.5) is 0 Å². The van der Waals surface area contributed by atoms with E-state index >= 15 is 0 Å². The van der Waals surface area contributed by atoms with Crippen LogP contribution in [0, 0.1) is 5.92 Å². The molecule has 2 aliphatic rings. The zero-order valence-corrected chi connectivity index (χ0v) is 13.9. The van der Waals surface area contributed by atoms with E-state index < -0.39 is 5.60 Å². The second-order valence-electron chi connectivity index (χ2n) is 6.21. The number of likely N-dealkylation sites (tertiary alicyclic amines) is 1. The standard InChI is InChI=1S/C16H23NO2S2/c18-15(12-20-11-14-5-3-9-21-14)17-8-7-16(19)6-2-1-4-13(16)10-17/h3,5,9,13,19H,1-2,4,6-8,10-12H2. The fourth-order valence-corrected chi connectivity index (χ4v) is 5.29. The topological polar surface area (TPSA) is 40.5 Å². The van der Waals surface area contributed by atoms with Gasteiger partial charge in [0.1, 0.15) is 0 Å². The maximum atomic E-state index is 12.3. The van der Waals surface area contributed by atoms with E-state index in [4.69, 9.17) is 0 Å². The second-order valence-corrected chi connectivity index (χ2v) is 8.23. The number of piperidine rings is 1. The highest BCUT2D eigenvalue weighted by Gasteiger charge is 2.43. The highest BCUT2D eigenvalue weighted by molar-refractivity contribution is 7.99. The Balaban J connectivity index is 1.47. The van der Waals surface area contributed by atoms with Crippen LogP contribution in [0.15, 0.2) is 17.5 Å². The van der Waals surface area contributed by atoms with E-state index in [9.17, 15) is 9.90 Å². The van der Waals surface area contributed by atoms with Gasteiger partial charge in [0.25, 0.3) is 0 Å². The Bertz CT molecular complexity index is 477. The molecule has 1 N–H and O–H groups in total. The number of nitrogens with zero attached hydrogens (tertiary/aromatic N) is 1. The van der Waals surface area contributed by atoms with E-state index in [-0.39, 0.29) is 5.91 Å². The molecule has 1 aromatic heterocycles. The van der Waals surface area contributed by atoms with Gasteiger partial charge in [-0.2, -0.15) is 0 Å². The molecule has 21 heavy (non-hydrogen) atoms. The number of thiophene rings is 1. The third-order valence-corrected chi connectivity index (χ3v) is 6.86. The van der Waals surface area contributed by atoms with Gasteiger partial charge in [-0.05, 0) is 30.7 Å². The van der Waals surface area contributed by atoms with Crippen molar-refractivity contribution in [2.45, 2.75) is 43.5 Å². The number of carbonyl (C=O) groups excluding carboxylic acids is 1. The van der Waals surface area contributed by atoms with Crippen molar-refractivity contribution >= 4 is 29.0 Å². The SMILES string of the molecule is O=C(CSCc1cccs1)N1CCC2(O)CCCCC2C1. The Labute approximate surface area is 134 Å². The molecule has 0 bridgehead atoms. The molecule has 0 aromatic carbocycles. The fourth-order valence-electron chi connectivity index (χ4n) is 3.52. The number of rotatable bonds is 4. The van der Waals surface area contributed by atoms with Gasteiger partial charge in [-0.1, -0.05) is 18.9 Å². The largest absolute Gasteiger partial charge is 0.389 e. The average Bonchev–Trinajstić information content (AvgIpc) is 2.99. The smallest absolute Gasteiger partial charge is 0.232 e. The summed E-state index contributed by atoms with van der Waals surface area (Å²) in [6, 6.07) is 4.17. The first-order valence-corrected chi connectivity index (χ1v) is 9.81. The lowest BCUT2D eigenvalue weighted by molar-refractivity contribution is -0.140. The maximum Gasteiger partial charge on any atom is 0.232 e. The lowest BCUT2D eigenvalue weighted by atomic mass is 9.71. The molecule has 1 saturated heterocycles. The minimum atomic E-state index is -0.487. The molecular formula is C16H23NO2S2. The summed E-state index contributed by atoms with van der Waals surface area (Å²) in [5.41, 5.74) is -0.487. The summed E-state index contributed by atoms with van der Waals surface area (Å²) < 4.78 is 0. The second kappa shape index (κ2) is 6.71. The molecule has 5 heteroatoms. The minimum absolute atomic E-state index is 0.240. The van der Waals surface area contributed by atoms with Crippen LogP contribution in [-0.4, -0.2) is 40.4 Å². The first-order valence-electron chi connectivity index (χ1n) is 7.78. The lowest BCUT2D eigenvalue weighted by Gasteiger charge is -2.47. The zero-order valence-electron chi connectivity index (χ0n) is 12.3. The quantitative estimate of drug-likeness (QED) is 0.924. The molecule has 1 aliphatic carbocycles. The van der Waals surface area contributed by atoms with Crippen molar-refractivity contribution in [2.75, 3.05) is 18.8 Å². The molecule has 1 aromatic rings. The summed E-state index contributed by atoms with van der Waals surface area (Å²) in [5.74, 6) is 2.02. The van der Waals surface area contributed by atoms with E-state index in [1.807, 2.05) is 4.90 Å². The van der Waals surface area contributed by atoms with Gasteiger partial charge in [0.05, 0.1) is 11.4 Å². The zero-order chi connectivity index (χ0) is 14.7. The Morgan fingerprint density at radius 1 is 1.48 bits per heavy atom. The van der Waals surface area contributed by atoms with Crippen molar-refractivity contribution in [3.63, 3.8) is 0 Å². The Hall–Kier alpha value is -0.520. The minimum Gasteiger partial charge on any atom is -0.389 e. The molecule has 3 rings (SSSR count). The first-order chi connectivity index (χ1) is 10.2. The molecule has 116 valence electrons. The molecule has 3 nitrogen and oxygen atoms in total. The van der Waals surface area contributed by atoms with Gasteiger partial charge in [-0.3, -0.25) is 4.79 Å². The summed E-state index contributed by atoms with van der Waals surface area (Å²) in [4.78, 5) is 15.6. The highest BCUT2D eigenvalue weighted by Crippen LogP contribution is 2.39. The number of amides is 1. The molecule has 0 spiro atoms. The number of hydrogen-bond acceptors (Lipinski definition) is 4. The Morgan fingerprint density at radius 2 is 2.38 bits per heavy atom. The van der Waals surface area contributed by atoms with Crippen LogP contribution >= 0.6 is 23.1 Å². The van der Waals surface area contributed by atoms with Gasteiger partial charge < -0.3 is 10.0 Å². The predicted molar refractivity (Wildman–Crippen MR) is 88.6 cm³/mol. The van der Waals surface area contributed by atoms with Crippen LogP contribution in [-0.2, 0) is 10.5 Å². The monoisotopic (exact) mass is 325 g/mol. The van der Waals surface area contributed by atoms with E-state index in [1.54, 1.807) is 23.1 Å². The van der Waals surface area contributed by atoms with E-state index in [0.717, 1.165) is 44.5 Å². The molecule has 1 aliphatic heterocycles. The fraction of sp³-hybridized carbons (Fsp3) is 0.688. The van der Waals surface area contributed by atoms with Gasteiger partial charge in [-0.15, -0.1) is 23.1 Å². The molecule has 1 saturated carbocycles. The van der Waals surface area contributed by atoms with Crippen LogP contribution in [0.2, 0.25) is 0 Å². The Morgan fingerprint density at radius 3 is 3.19 bits per heavy atom. The van der Waals surface area contributed by atoms with Crippen molar-refractivity contribution in [1.29, 1.82) is 0 Å². The van der Waals surface area contributed by atoms with Crippen molar-refractivity contribution in [3.05, 3.63) is 22.4 Å². The maximum absolute atomic E-state index is 12.3. The molecule has 2 atom stereocenters. The summed E-state index contributed by atoms with van der Waals surface area (Å²) in [6.07, 6.45) is 5.09. The van der Waals surface area contributed by atoms with Crippen LogP contribution in [0.5, 0.6) is 0 Å². The molecule has 2 fully saturated rings. The van der Waals surface area contributed by atoms with E-state index in [2.05, 4.69) is 17.5 Å². The third-order valence-electron chi connectivity index (χ3n) is 4.83. The van der Waals surface area contributed by atoms with Crippen molar-refractivity contribution in [2.24, 2.45) is 5.92 Å². The molecule has 1 amide bonds. The number of carbonyl (C=O) groups is 1. The average molecular weight is 325 g/mol. The predicted octanol–water partition coefficient (Wildman–Crippen LogP) is 3.13. The molecule has 0 radical (unpaired) electrons. The molecular weight excluding hydrogens is 302 g/mol. The highest BCUT2D eigenvalue weighted by atomic mass is 32.2. The van der Waals surface area contributed by atoms with Crippen molar-refractivity contribution in [1.82, 2.24) is 4.90 Å². The van der Waals surface area contributed by atoms with Gasteiger partial charge >= 0.3 is 0 Å². The van der Waals surface area contributed by atoms with Crippen LogP contribution in [0.3, 0.4) is 0 Å². The van der Waals surface area contributed by atoms with Gasteiger partial charge in [0, 0.05) is 29.6 Å². The molecule has 2 heterocycles. The molecule has 2 unspecified atom stereocenters. The Kier molecular flexibility index (Phi) is 4.92. The van der Waals surface area contributed by atoms with E-state index in [1.165, 1.54) is 11.3 Å². The summed E-state index contributed by atoms with van der Waals surface area (Å²) in [6.45, 7) is 1.49. The van der Waals surface area contributed by atoms with Gasteiger partial charge in [0.2, 0.25) is 5.91 Å². The summed E-state index contributed by atoms with van der Waals surface area (Å²) in [7, 11) is 0. The first kappa shape index (κ1) is 15.4. The van der Waals surface area contributed by atoms with Gasteiger partial charge in [-0.25, -0.2) is 0 Å². The van der Waals surface area contributed by atoms with Crippen molar-refractivity contribution in [3.8, 4) is 0 Å². The number of aliphatic hydroxyl groups is 1. The van der Waals surface area contributed by atoms with Crippen LogP contribution in [0.1, 0.15) is 37.0 Å². The number of fused-ring (bicyclic) bond motifs is 1.